The average molecular weight is 331 g/mol. The molecule has 0 bridgehead atoms. The maximum Gasteiger partial charge on any atom is 0.345 e. The number of rotatable bonds is 4. The Morgan fingerprint density at radius 1 is 1.24 bits per heavy atom. The van der Waals surface area contributed by atoms with Gasteiger partial charge < -0.3 is 4.90 Å². The predicted octanol–water partition coefficient (Wildman–Crippen LogP) is 1.12. The highest BCUT2D eigenvalue weighted by molar-refractivity contribution is 6.30. The number of nitrogens with one attached hydrogen (secondary N) is 1. The lowest BCUT2D eigenvalue weighted by Crippen LogP contribution is -2.39. The highest BCUT2D eigenvalue weighted by atomic mass is 35.5. The Bertz CT molecular complexity index is 707. The van der Waals surface area contributed by atoms with Crippen LogP contribution >= 0.6 is 24.0 Å². The van der Waals surface area contributed by atoms with Crippen LogP contribution in [0.15, 0.2) is 33.9 Å². The fraction of sp³-hybridized carbons (Fsp3) is 0.308. The summed E-state index contributed by atoms with van der Waals surface area (Å²) in [6.07, 6.45) is 0. The molecule has 1 N–H and O–H groups in total. The largest absolute Gasteiger partial charge is 0.345 e. The zero-order valence-electron chi connectivity index (χ0n) is 11.7. The second-order valence-corrected chi connectivity index (χ2v) is 5.17. The van der Waals surface area contributed by atoms with E-state index in [2.05, 4.69) is 10.2 Å². The van der Waals surface area contributed by atoms with Gasteiger partial charge in [-0.3, -0.25) is 9.36 Å². The number of halogens is 2. The predicted molar refractivity (Wildman–Crippen MR) is 84.3 cm³/mol. The smallest absolute Gasteiger partial charge is 0.303 e. The Kier molecular flexibility index (Phi) is 6.14. The molecule has 0 saturated heterocycles. The van der Waals surface area contributed by atoms with E-state index >= 15 is 0 Å². The molecule has 6 nitrogen and oxygen atoms in total. The monoisotopic (exact) mass is 330 g/mol. The van der Waals surface area contributed by atoms with Crippen LogP contribution in [0.3, 0.4) is 0 Å². The first kappa shape index (κ1) is 17.4. The van der Waals surface area contributed by atoms with E-state index in [1.54, 1.807) is 24.3 Å². The lowest BCUT2D eigenvalue weighted by Gasteiger charge is -2.10. The van der Waals surface area contributed by atoms with Crippen molar-refractivity contribution >= 4 is 24.0 Å². The van der Waals surface area contributed by atoms with Crippen LogP contribution < -0.4 is 11.2 Å². The van der Waals surface area contributed by atoms with Crippen LogP contribution in [0.5, 0.6) is 0 Å². The molecule has 0 unspecified atom stereocenters. The van der Waals surface area contributed by atoms with Crippen molar-refractivity contribution < 1.29 is 0 Å². The Morgan fingerprint density at radius 2 is 1.86 bits per heavy atom. The van der Waals surface area contributed by atoms with Crippen LogP contribution in [0.4, 0.5) is 0 Å². The lowest BCUT2D eigenvalue weighted by molar-refractivity contribution is 0.388. The first-order valence-corrected chi connectivity index (χ1v) is 6.42. The standard InChI is InChI=1S/C13H15ClN4O2.ClH/c1-17(2)8-11-12(19)18(13(20)16-15-11)7-9-3-5-10(14)6-4-9;/h3-6H,7-8H2,1-2H3,(H,16,20);1H. The van der Waals surface area contributed by atoms with Gasteiger partial charge in [0.1, 0.15) is 5.69 Å². The maximum atomic E-state index is 12.2. The lowest BCUT2D eigenvalue weighted by atomic mass is 10.2. The van der Waals surface area contributed by atoms with E-state index in [9.17, 15) is 9.59 Å². The summed E-state index contributed by atoms with van der Waals surface area (Å²) in [5.41, 5.74) is 0.234. The van der Waals surface area contributed by atoms with Gasteiger partial charge in [0.05, 0.1) is 6.54 Å². The molecule has 2 aromatic rings. The van der Waals surface area contributed by atoms with Crippen LogP contribution in [-0.2, 0) is 13.1 Å². The molecular formula is C13H16Cl2N4O2. The van der Waals surface area contributed by atoms with Gasteiger partial charge in [-0.1, -0.05) is 23.7 Å². The summed E-state index contributed by atoms with van der Waals surface area (Å²) in [5.74, 6) is 0. The van der Waals surface area contributed by atoms with Gasteiger partial charge >= 0.3 is 5.69 Å². The molecule has 8 heteroatoms. The second-order valence-electron chi connectivity index (χ2n) is 4.73. The van der Waals surface area contributed by atoms with Crippen molar-refractivity contribution in [3.63, 3.8) is 0 Å². The molecule has 0 aliphatic carbocycles. The molecule has 0 atom stereocenters. The summed E-state index contributed by atoms with van der Waals surface area (Å²) < 4.78 is 1.13. The molecule has 0 saturated carbocycles. The fourth-order valence-electron chi connectivity index (χ4n) is 1.79. The minimum atomic E-state index is -0.521. The zero-order chi connectivity index (χ0) is 14.7. The molecule has 0 aliphatic heterocycles. The Balaban J connectivity index is 0.00000220. The minimum absolute atomic E-state index is 0. The van der Waals surface area contributed by atoms with Crippen LogP contribution in [0.2, 0.25) is 5.02 Å². The van der Waals surface area contributed by atoms with Crippen molar-refractivity contribution in [2.24, 2.45) is 0 Å². The van der Waals surface area contributed by atoms with Crippen LogP contribution in [0.1, 0.15) is 11.3 Å². The summed E-state index contributed by atoms with van der Waals surface area (Å²) in [4.78, 5) is 25.8. The number of hydrogen-bond acceptors (Lipinski definition) is 4. The third-order valence-electron chi connectivity index (χ3n) is 2.74. The molecule has 114 valence electrons. The topological polar surface area (TPSA) is 71.0 Å². The third-order valence-corrected chi connectivity index (χ3v) is 3.00. The molecule has 2 rings (SSSR count). The molecule has 0 fully saturated rings. The van der Waals surface area contributed by atoms with E-state index in [0.717, 1.165) is 10.1 Å². The number of benzene rings is 1. The molecule has 0 amide bonds. The van der Waals surface area contributed by atoms with E-state index in [4.69, 9.17) is 11.6 Å². The molecule has 0 radical (unpaired) electrons. The van der Waals surface area contributed by atoms with Gasteiger partial charge in [-0.25, -0.2) is 9.89 Å². The van der Waals surface area contributed by atoms with Crippen molar-refractivity contribution in [2.45, 2.75) is 13.1 Å². The Morgan fingerprint density at radius 3 is 2.43 bits per heavy atom. The molecular weight excluding hydrogens is 315 g/mol. The van der Waals surface area contributed by atoms with Crippen molar-refractivity contribution in [3.8, 4) is 0 Å². The van der Waals surface area contributed by atoms with Gasteiger partial charge in [-0.2, -0.15) is 5.10 Å². The summed E-state index contributed by atoms with van der Waals surface area (Å²) in [7, 11) is 3.66. The molecule has 1 heterocycles. The second kappa shape index (κ2) is 7.40. The van der Waals surface area contributed by atoms with Gasteiger partial charge in [-0.15, -0.1) is 12.4 Å². The Hall–Kier alpha value is -1.63. The highest BCUT2D eigenvalue weighted by Crippen LogP contribution is 2.09. The fourth-order valence-corrected chi connectivity index (χ4v) is 1.92. The average Bonchev–Trinajstić information content (AvgIpc) is 2.40. The molecule has 0 spiro atoms. The van der Waals surface area contributed by atoms with Crippen molar-refractivity contribution in [3.05, 3.63) is 61.4 Å². The van der Waals surface area contributed by atoms with E-state index in [-0.39, 0.29) is 24.5 Å². The SMILES string of the molecule is CN(C)Cc1n[nH]c(=O)n(Cc2ccc(Cl)cc2)c1=O.Cl. The van der Waals surface area contributed by atoms with Crippen molar-refractivity contribution in [2.75, 3.05) is 14.1 Å². The first-order valence-electron chi connectivity index (χ1n) is 6.05. The van der Waals surface area contributed by atoms with Crippen LogP contribution in [0.25, 0.3) is 0 Å². The molecule has 1 aromatic heterocycles. The van der Waals surface area contributed by atoms with Crippen molar-refractivity contribution in [1.82, 2.24) is 19.7 Å². The van der Waals surface area contributed by atoms with Gasteiger partial charge in [0.2, 0.25) is 0 Å². The highest BCUT2D eigenvalue weighted by Gasteiger charge is 2.10. The summed E-state index contributed by atoms with van der Waals surface area (Å²) in [5, 5.41) is 6.76. The van der Waals surface area contributed by atoms with E-state index in [1.165, 1.54) is 0 Å². The number of hydrogen-bond donors (Lipinski definition) is 1. The Labute approximate surface area is 132 Å². The number of H-pyrrole nitrogens is 1. The molecule has 21 heavy (non-hydrogen) atoms. The zero-order valence-corrected chi connectivity index (χ0v) is 13.2. The number of aromatic amines is 1. The van der Waals surface area contributed by atoms with Crippen LogP contribution in [0, 0.1) is 0 Å². The van der Waals surface area contributed by atoms with E-state index in [0.29, 0.717) is 17.3 Å². The van der Waals surface area contributed by atoms with Gasteiger partial charge in [0, 0.05) is 11.6 Å². The number of nitrogens with zero attached hydrogens (tertiary/aromatic N) is 3. The summed E-state index contributed by atoms with van der Waals surface area (Å²) in [6.45, 7) is 0.560. The summed E-state index contributed by atoms with van der Waals surface area (Å²) >= 11 is 5.81. The van der Waals surface area contributed by atoms with Gasteiger partial charge in [0.15, 0.2) is 0 Å². The quantitative estimate of drug-likeness (QED) is 0.911. The summed E-state index contributed by atoms with van der Waals surface area (Å²) in [6, 6.07) is 7.00. The third kappa shape index (κ3) is 4.42. The van der Waals surface area contributed by atoms with Crippen LogP contribution in [-0.4, -0.2) is 33.8 Å². The maximum absolute atomic E-state index is 12.2. The van der Waals surface area contributed by atoms with E-state index < -0.39 is 5.69 Å². The van der Waals surface area contributed by atoms with E-state index in [1.807, 2.05) is 19.0 Å². The number of aromatic nitrogens is 3. The van der Waals surface area contributed by atoms with Crippen molar-refractivity contribution in [1.29, 1.82) is 0 Å². The molecule has 1 aromatic carbocycles. The molecule has 0 aliphatic rings. The van der Waals surface area contributed by atoms with Gasteiger partial charge in [0.25, 0.3) is 5.56 Å². The normalized spacial score (nSPS) is 10.5. The first-order chi connectivity index (χ1) is 9.47. The minimum Gasteiger partial charge on any atom is -0.303 e. The van der Waals surface area contributed by atoms with Gasteiger partial charge in [-0.05, 0) is 31.8 Å².